The van der Waals surface area contributed by atoms with Crippen LogP contribution in [0.5, 0.6) is 0 Å². The van der Waals surface area contributed by atoms with Crippen molar-refractivity contribution in [2.45, 2.75) is 0 Å². The zero-order chi connectivity index (χ0) is 5.41. The van der Waals surface area contributed by atoms with Gasteiger partial charge < -0.3 is 5.32 Å². The van der Waals surface area contributed by atoms with Crippen LogP contribution in [0.15, 0.2) is 0 Å². The number of rotatable bonds is 0. The second kappa shape index (κ2) is 18.0. The average molecular weight is 132 g/mol. The van der Waals surface area contributed by atoms with Crippen molar-refractivity contribution in [3.63, 3.8) is 0 Å². The molecule has 0 fully saturated rings. The van der Waals surface area contributed by atoms with Gasteiger partial charge in [-0.2, -0.15) is 0 Å². The van der Waals surface area contributed by atoms with Crippen molar-refractivity contribution in [2.75, 3.05) is 21.2 Å². The van der Waals surface area contributed by atoms with E-state index in [2.05, 4.69) is 25.5 Å². The molecule has 3 heteroatoms. The number of hydrogen-bond acceptors (Lipinski definition) is 2. The zero-order valence-corrected chi connectivity index (χ0v) is 5.37. The predicted molar refractivity (Wildman–Crippen MR) is 22.0 cm³/mol. The molecule has 0 spiro atoms. The standard InChI is InChI=1S/C2H7N.CH3O.Fe/c1-3-2;1-2;/h3H,1-2H3;1H3;/q;-1;+1. The Hall–Kier alpha value is 0.439. The van der Waals surface area contributed by atoms with Crippen LogP contribution < -0.4 is 5.32 Å². The van der Waals surface area contributed by atoms with E-state index in [-0.39, 0.29) is 0 Å². The van der Waals surface area contributed by atoms with Crippen LogP contribution >= 0.6 is 0 Å². The van der Waals surface area contributed by atoms with Crippen molar-refractivity contribution >= 4 is 0 Å². The third-order valence-corrected chi connectivity index (χ3v) is 0. The molecule has 0 heterocycles. The molecule has 6 heavy (non-hydrogen) atoms. The average Bonchev–Trinajstić information content (AvgIpc) is 1.39. The minimum atomic E-state index is 1.51. The molecule has 2 nitrogen and oxygen atoms in total. The quantitative estimate of drug-likeness (QED) is 0.466. The summed E-state index contributed by atoms with van der Waals surface area (Å²) in [5.41, 5.74) is 0. The third-order valence-electron chi connectivity index (χ3n) is 0. The summed E-state index contributed by atoms with van der Waals surface area (Å²) in [6.45, 7) is 0. The first-order valence-corrected chi connectivity index (χ1v) is 2.00. The molecule has 0 aromatic rings. The van der Waals surface area contributed by atoms with Gasteiger partial charge in [0.05, 0.1) is 0 Å². The van der Waals surface area contributed by atoms with Gasteiger partial charge in [0.25, 0.3) is 0 Å². The van der Waals surface area contributed by atoms with Gasteiger partial charge in [-0.3, -0.25) is 0 Å². The van der Waals surface area contributed by atoms with E-state index in [4.69, 9.17) is 0 Å². The van der Waals surface area contributed by atoms with E-state index in [0.29, 0.717) is 0 Å². The molecule has 1 N–H and O–H groups in total. The van der Waals surface area contributed by atoms with Crippen molar-refractivity contribution in [1.82, 2.24) is 5.32 Å². The molecule has 0 atom stereocenters. The summed E-state index contributed by atoms with van der Waals surface area (Å²) >= 11 is 2.99. The van der Waals surface area contributed by atoms with Gasteiger partial charge in [-0.1, -0.05) is 0 Å². The summed E-state index contributed by atoms with van der Waals surface area (Å²) in [6, 6.07) is 0. The SMILES string of the molecule is CNC.C[O][Fe]. The number of nitrogens with one attached hydrogen (secondary N) is 1. The van der Waals surface area contributed by atoms with Gasteiger partial charge in [0.15, 0.2) is 0 Å². The summed E-state index contributed by atoms with van der Waals surface area (Å²) in [5.74, 6) is 0. The van der Waals surface area contributed by atoms with Gasteiger partial charge in [0.1, 0.15) is 0 Å². The van der Waals surface area contributed by atoms with Gasteiger partial charge >= 0.3 is 27.3 Å². The molecule has 0 aliphatic carbocycles. The predicted octanol–water partition coefficient (Wildman–Crippen LogP) is -0.0698. The summed E-state index contributed by atoms with van der Waals surface area (Å²) in [6.07, 6.45) is 0. The molecule has 0 aromatic heterocycles. The molecule has 0 radical (unpaired) electrons. The van der Waals surface area contributed by atoms with Crippen LogP contribution in [-0.4, -0.2) is 21.2 Å². The molecule has 0 rings (SSSR count). The van der Waals surface area contributed by atoms with Crippen LogP contribution in [0, 0.1) is 0 Å². The fraction of sp³-hybridized carbons (Fsp3) is 1.00. The third kappa shape index (κ3) is 272. The molecule has 0 aromatic carbocycles. The van der Waals surface area contributed by atoms with Crippen LogP contribution in [0.2, 0.25) is 0 Å². The van der Waals surface area contributed by atoms with Gasteiger partial charge in [-0.15, -0.1) is 0 Å². The molecule has 0 bridgehead atoms. The van der Waals surface area contributed by atoms with E-state index in [9.17, 15) is 0 Å². The zero-order valence-electron chi connectivity index (χ0n) is 4.26. The van der Waals surface area contributed by atoms with E-state index >= 15 is 0 Å². The van der Waals surface area contributed by atoms with E-state index in [1.165, 1.54) is 7.11 Å². The van der Waals surface area contributed by atoms with Gasteiger partial charge in [-0.05, 0) is 14.1 Å². The first-order chi connectivity index (χ1) is 2.83. The van der Waals surface area contributed by atoms with Crippen LogP contribution in [-0.2, 0) is 20.2 Å². The van der Waals surface area contributed by atoms with Gasteiger partial charge in [0.2, 0.25) is 0 Å². The molecule has 0 aliphatic heterocycles. The molecule has 0 amide bonds. The Morgan fingerprint density at radius 1 is 1.50 bits per heavy atom. The van der Waals surface area contributed by atoms with Crippen LogP contribution in [0.25, 0.3) is 0 Å². The second-order valence-corrected chi connectivity index (χ2v) is 1.10. The molecule has 0 saturated carbocycles. The monoisotopic (exact) mass is 132 g/mol. The summed E-state index contributed by atoms with van der Waals surface area (Å²) in [4.78, 5) is 0. The maximum absolute atomic E-state index is 4.00. The van der Waals surface area contributed by atoms with Crippen LogP contribution in [0.3, 0.4) is 0 Å². The molecule has 0 unspecified atom stereocenters. The Morgan fingerprint density at radius 2 is 1.50 bits per heavy atom. The molecule has 0 aliphatic rings. The van der Waals surface area contributed by atoms with Crippen LogP contribution in [0.4, 0.5) is 0 Å². The summed E-state index contributed by atoms with van der Waals surface area (Å²) in [7, 11) is 5.26. The Kier molecular flexibility index (Phi) is 29.0. The van der Waals surface area contributed by atoms with Crippen molar-refractivity contribution in [3.05, 3.63) is 0 Å². The van der Waals surface area contributed by atoms with Crippen molar-refractivity contribution in [1.29, 1.82) is 0 Å². The van der Waals surface area contributed by atoms with E-state index in [0.717, 1.165) is 0 Å². The summed E-state index contributed by atoms with van der Waals surface area (Å²) < 4.78 is 4.00. The Balaban J connectivity index is 0. The Bertz CT molecular complexity index is 12.8. The minimum absolute atomic E-state index is 1.51. The normalized spacial score (nSPS) is 6.00. The van der Waals surface area contributed by atoms with Gasteiger partial charge in [0, 0.05) is 0 Å². The topological polar surface area (TPSA) is 21.3 Å². The Morgan fingerprint density at radius 3 is 1.50 bits per heavy atom. The maximum atomic E-state index is 4.00. The second-order valence-electron chi connectivity index (χ2n) is 0.644. The van der Waals surface area contributed by atoms with Crippen molar-refractivity contribution in [2.24, 2.45) is 0 Å². The fourth-order valence-corrected chi connectivity index (χ4v) is 0. The fourth-order valence-electron chi connectivity index (χ4n) is 0. The van der Waals surface area contributed by atoms with E-state index in [1.54, 1.807) is 0 Å². The molecule has 41 valence electrons. The van der Waals surface area contributed by atoms with Crippen molar-refractivity contribution < 1.29 is 20.2 Å². The van der Waals surface area contributed by atoms with Gasteiger partial charge in [-0.25, -0.2) is 0 Å². The molecular formula is C3H10FeNO. The summed E-state index contributed by atoms with van der Waals surface area (Å²) in [5, 5.41) is 2.75. The van der Waals surface area contributed by atoms with Crippen molar-refractivity contribution in [3.8, 4) is 0 Å². The molecule has 0 saturated heterocycles. The molecular weight excluding hydrogens is 122 g/mol. The first kappa shape index (κ1) is 9.67. The Labute approximate surface area is 47.4 Å². The number of hydrogen-bond donors (Lipinski definition) is 1. The van der Waals surface area contributed by atoms with E-state index in [1.807, 2.05) is 14.1 Å². The first-order valence-electron chi connectivity index (χ1n) is 1.55. The van der Waals surface area contributed by atoms with E-state index < -0.39 is 0 Å². The van der Waals surface area contributed by atoms with Crippen LogP contribution in [0.1, 0.15) is 0 Å².